The van der Waals surface area contributed by atoms with E-state index in [0.717, 1.165) is 10.9 Å². The number of amides is 1. The van der Waals surface area contributed by atoms with Gasteiger partial charge in [0.1, 0.15) is 11.4 Å². The van der Waals surface area contributed by atoms with Gasteiger partial charge in [0.05, 0.1) is 18.4 Å². The van der Waals surface area contributed by atoms with Gasteiger partial charge in [-0.2, -0.15) is 4.74 Å². The number of benzene rings is 2. The summed E-state index contributed by atoms with van der Waals surface area (Å²) < 4.78 is 5.97. The number of nitrogens with one attached hydrogen (secondary N) is 2. The lowest BCUT2D eigenvalue weighted by atomic mass is 10.1. The molecule has 0 spiro atoms. The largest absolute Gasteiger partial charge is 0.623 e. The molecule has 0 aliphatic carbocycles. The van der Waals surface area contributed by atoms with E-state index in [1.165, 1.54) is 0 Å². The second-order valence-corrected chi connectivity index (χ2v) is 5.59. The summed E-state index contributed by atoms with van der Waals surface area (Å²) in [4.78, 5) is 15.4. The first kappa shape index (κ1) is 14.3. The standard InChI is InChI=1S/C18H15N3O3/c1-24-12-6-4-5-11(9-12)18-17-16(20-15(22)10-21(18)23)13-7-2-3-8-14(13)19-17/h2-9,19H,10H2,1H3,(H,20,22). The molecule has 3 aromatic rings. The van der Waals surface area contributed by atoms with Crippen molar-refractivity contribution < 1.29 is 14.3 Å². The number of nitrogens with zero attached hydrogens (tertiary/aromatic N) is 1. The molecule has 2 N–H and O–H groups in total. The van der Waals surface area contributed by atoms with Crippen LogP contribution >= 0.6 is 0 Å². The van der Waals surface area contributed by atoms with Crippen molar-refractivity contribution in [3.05, 3.63) is 65.0 Å². The van der Waals surface area contributed by atoms with Crippen LogP contribution in [0.15, 0.2) is 48.5 Å². The Morgan fingerprint density at radius 2 is 2.00 bits per heavy atom. The van der Waals surface area contributed by atoms with Crippen LogP contribution in [0, 0.1) is 5.21 Å². The molecular weight excluding hydrogens is 306 g/mol. The molecule has 0 saturated heterocycles. The Balaban J connectivity index is 2.01. The summed E-state index contributed by atoms with van der Waals surface area (Å²) in [5.74, 6) is 0.309. The molecule has 24 heavy (non-hydrogen) atoms. The molecule has 0 fully saturated rings. The van der Waals surface area contributed by atoms with E-state index in [0.29, 0.717) is 33.1 Å². The van der Waals surface area contributed by atoms with Crippen LogP contribution in [0.25, 0.3) is 10.9 Å². The molecule has 6 heteroatoms. The lowest BCUT2D eigenvalue weighted by Gasteiger charge is -2.08. The zero-order valence-electron chi connectivity index (χ0n) is 13.0. The van der Waals surface area contributed by atoms with Crippen LogP contribution in [0.5, 0.6) is 5.75 Å². The molecule has 0 radical (unpaired) electrons. The Morgan fingerprint density at radius 1 is 1.17 bits per heavy atom. The maximum Gasteiger partial charge on any atom is 0.291 e. The van der Waals surface area contributed by atoms with Crippen molar-refractivity contribution in [2.24, 2.45) is 0 Å². The SMILES string of the molecule is COc1cccc(C2=[N+]([O-])CC(=O)Nc3c2[nH]c2ccccc32)c1. The maximum absolute atomic E-state index is 12.6. The topological polar surface area (TPSA) is 80.2 Å². The summed E-state index contributed by atoms with van der Waals surface area (Å²) in [7, 11) is 1.57. The van der Waals surface area contributed by atoms with Crippen molar-refractivity contribution >= 4 is 28.2 Å². The third-order valence-corrected chi connectivity index (χ3v) is 4.09. The molecule has 2 heterocycles. The lowest BCUT2D eigenvalue weighted by Crippen LogP contribution is -2.24. The van der Waals surface area contributed by atoms with Gasteiger partial charge in [0.15, 0.2) is 0 Å². The first-order chi connectivity index (χ1) is 11.7. The summed E-state index contributed by atoms with van der Waals surface area (Å²) in [5, 5.41) is 16.3. The molecule has 2 aromatic carbocycles. The highest BCUT2D eigenvalue weighted by Crippen LogP contribution is 2.31. The van der Waals surface area contributed by atoms with E-state index >= 15 is 0 Å². The second-order valence-electron chi connectivity index (χ2n) is 5.59. The number of rotatable bonds is 2. The van der Waals surface area contributed by atoms with E-state index in [1.807, 2.05) is 42.5 Å². The van der Waals surface area contributed by atoms with E-state index in [1.54, 1.807) is 13.2 Å². The number of ether oxygens (including phenoxy) is 1. The highest BCUT2D eigenvalue weighted by Gasteiger charge is 2.29. The van der Waals surface area contributed by atoms with Gasteiger partial charge < -0.3 is 20.2 Å². The highest BCUT2D eigenvalue weighted by atomic mass is 16.5. The monoisotopic (exact) mass is 321 g/mol. The number of carbonyl (C=O) groups is 1. The van der Waals surface area contributed by atoms with Gasteiger partial charge in [0.2, 0.25) is 12.3 Å². The number of methoxy groups -OCH3 is 1. The van der Waals surface area contributed by atoms with Gasteiger partial charge in [-0.25, -0.2) is 0 Å². The van der Waals surface area contributed by atoms with Crippen molar-refractivity contribution in [1.82, 2.24) is 4.98 Å². The van der Waals surface area contributed by atoms with Gasteiger partial charge in [-0.1, -0.05) is 24.3 Å². The Kier molecular flexibility index (Phi) is 3.23. The van der Waals surface area contributed by atoms with Crippen molar-refractivity contribution in [3.63, 3.8) is 0 Å². The number of carbonyl (C=O) groups excluding carboxylic acids is 1. The molecule has 6 nitrogen and oxygen atoms in total. The molecule has 0 atom stereocenters. The predicted octanol–water partition coefficient (Wildman–Crippen LogP) is 2.48. The number of para-hydroxylation sites is 1. The zero-order valence-corrected chi connectivity index (χ0v) is 13.0. The minimum atomic E-state index is -0.339. The average molecular weight is 321 g/mol. The van der Waals surface area contributed by atoms with Gasteiger partial charge in [0.25, 0.3) is 5.91 Å². The Labute approximate surface area is 138 Å². The van der Waals surface area contributed by atoms with E-state index in [4.69, 9.17) is 4.74 Å². The first-order valence-electron chi connectivity index (χ1n) is 7.54. The second kappa shape index (κ2) is 5.42. The van der Waals surface area contributed by atoms with Gasteiger partial charge in [-0.05, 0) is 24.3 Å². The lowest BCUT2D eigenvalue weighted by molar-refractivity contribution is -0.443. The minimum absolute atomic E-state index is 0.261. The quantitative estimate of drug-likeness (QED) is 0.562. The van der Waals surface area contributed by atoms with Crippen molar-refractivity contribution in [1.29, 1.82) is 0 Å². The van der Waals surface area contributed by atoms with Crippen LogP contribution in [-0.2, 0) is 4.79 Å². The van der Waals surface area contributed by atoms with Crippen molar-refractivity contribution in [2.45, 2.75) is 0 Å². The zero-order chi connectivity index (χ0) is 16.7. The molecule has 1 aliphatic rings. The fourth-order valence-electron chi connectivity index (χ4n) is 3.02. The summed E-state index contributed by atoms with van der Waals surface area (Å²) in [5.41, 5.74) is 3.20. The maximum atomic E-state index is 12.6. The highest BCUT2D eigenvalue weighted by molar-refractivity contribution is 6.20. The predicted molar refractivity (Wildman–Crippen MR) is 91.6 cm³/mol. The molecule has 0 unspecified atom stereocenters. The number of aromatic amines is 1. The number of hydrogen-bond acceptors (Lipinski definition) is 3. The normalized spacial score (nSPS) is 14.3. The van der Waals surface area contributed by atoms with E-state index in [9.17, 15) is 10.0 Å². The van der Waals surface area contributed by atoms with E-state index in [2.05, 4.69) is 10.3 Å². The number of anilines is 1. The van der Waals surface area contributed by atoms with Crippen LogP contribution in [0.3, 0.4) is 0 Å². The smallest absolute Gasteiger partial charge is 0.291 e. The van der Waals surface area contributed by atoms with E-state index < -0.39 is 0 Å². The van der Waals surface area contributed by atoms with Crippen LogP contribution < -0.4 is 10.1 Å². The molecule has 0 saturated carbocycles. The number of hydroxylamine groups is 1. The minimum Gasteiger partial charge on any atom is -0.623 e. The third kappa shape index (κ3) is 2.20. The van der Waals surface area contributed by atoms with Crippen molar-refractivity contribution in [3.8, 4) is 5.75 Å². The molecule has 1 amide bonds. The third-order valence-electron chi connectivity index (χ3n) is 4.09. The van der Waals surface area contributed by atoms with Crippen LogP contribution in [0.2, 0.25) is 0 Å². The molecule has 120 valence electrons. The van der Waals surface area contributed by atoms with Crippen LogP contribution in [0.4, 0.5) is 5.69 Å². The fraction of sp³-hybridized carbons (Fsp3) is 0.111. The summed E-state index contributed by atoms with van der Waals surface area (Å²) in [6, 6.07) is 14.9. The summed E-state index contributed by atoms with van der Waals surface area (Å²) in [6.45, 7) is -0.261. The Hall–Kier alpha value is -3.28. The Morgan fingerprint density at radius 3 is 2.83 bits per heavy atom. The average Bonchev–Trinajstić information content (AvgIpc) is 2.87. The number of fused-ring (bicyclic) bond motifs is 3. The number of aromatic nitrogens is 1. The summed E-state index contributed by atoms with van der Waals surface area (Å²) in [6.07, 6.45) is 0. The van der Waals surface area contributed by atoms with Gasteiger partial charge in [-0.15, -0.1) is 0 Å². The number of hydrogen-bond donors (Lipinski definition) is 2. The molecule has 0 bridgehead atoms. The Bertz CT molecular complexity index is 988. The van der Waals surface area contributed by atoms with Crippen LogP contribution in [0.1, 0.15) is 11.3 Å². The van der Waals surface area contributed by atoms with Crippen LogP contribution in [-0.4, -0.2) is 35.0 Å². The summed E-state index contributed by atoms with van der Waals surface area (Å²) >= 11 is 0. The molecule has 4 rings (SSSR count). The van der Waals surface area contributed by atoms with Gasteiger partial charge in [-0.3, -0.25) is 4.79 Å². The number of H-pyrrole nitrogens is 1. The first-order valence-corrected chi connectivity index (χ1v) is 7.54. The fourth-order valence-corrected chi connectivity index (χ4v) is 3.02. The van der Waals surface area contributed by atoms with Crippen molar-refractivity contribution in [2.75, 3.05) is 19.0 Å². The van der Waals surface area contributed by atoms with Gasteiger partial charge >= 0.3 is 0 Å². The molecule has 1 aliphatic heterocycles. The van der Waals surface area contributed by atoms with E-state index in [-0.39, 0.29) is 12.5 Å². The molecular formula is C18H15N3O3. The van der Waals surface area contributed by atoms with Gasteiger partial charge in [0, 0.05) is 10.9 Å². The molecule has 1 aromatic heterocycles.